The van der Waals surface area contributed by atoms with Gasteiger partial charge in [0.1, 0.15) is 5.82 Å². The van der Waals surface area contributed by atoms with Gasteiger partial charge in [0.05, 0.1) is 0 Å². The summed E-state index contributed by atoms with van der Waals surface area (Å²) in [6.45, 7) is 4.38. The first kappa shape index (κ1) is 21.8. The van der Waals surface area contributed by atoms with Crippen molar-refractivity contribution in [2.24, 2.45) is 7.05 Å². The molecule has 0 saturated heterocycles. The van der Waals surface area contributed by atoms with Crippen molar-refractivity contribution in [1.29, 1.82) is 0 Å². The van der Waals surface area contributed by atoms with E-state index in [2.05, 4.69) is 26.6 Å². The van der Waals surface area contributed by atoms with Gasteiger partial charge < -0.3 is 5.32 Å². The Hall–Kier alpha value is -3.38. The van der Waals surface area contributed by atoms with Gasteiger partial charge in [-0.15, -0.1) is 0 Å². The molecule has 0 spiro atoms. The maximum atomic E-state index is 13.2. The zero-order valence-corrected chi connectivity index (χ0v) is 19.8. The number of rotatable bonds is 4. The van der Waals surface area contributed by atoms with Gasteiger partial charge in [-0.25, -0.2) is 4.79 Å². The van der Waals surface area contributed by atoms with Crippen LogP contribution in [0.1, 0.15) is 16.7 Å². The molecule has 0 fully saturated rings. The molecule has 0 radical (unpaired) electrons. The van der Waals surface area contributed by atoms with E-state index in [0.29, 0.717) is 17.7 Å². The van der Waals surface area contributed by atoms with Gasteiger partial charge in [0.15, 0.2) is 0 Å². The number of nitrogens with one attached hydrogen (secondary N) is 2. The molecule has 5 nitrogen and oxygen atoms in total. The van der Waals surface area contributed by atoms with Crippen molar-refractivity contribution in [2.45, 2.75) is 20.4 Å². The first-order valence-corrected chi connectivity index (χ1v) is 11.1. The van der Waals surface area contributed by atoms with Crippen molar-refractivity contribution >= 4 is 38.6 Å². The molecule has 0 aliphatic rings. The summed E-state index contributed by atoms with van der Waals surface area (Å²) in [5.74, 6) is 0.460. The number of amides is 2. The zero-order chi connectivity index (χ0) is 22.8. The molecule has 0 unspecified atom stereocenters. The van der Waals surface area contributed by atoms with Crippen molar-refractivity contribution in [3.05, 3.63) is 98.2 Å². The van der Waals surface area contributed by atoms with Gasteiger partial charge in [0, 0.05) is 29.0 Å². The molecule has 2 N–H and O–H groups in total. The minimum absolute atomic E-state index is 0.149. The molecule has 0 aliphatic heterocycles. The third kappa shape index (κ3) is 4.18. The predicted molar refractivity (Wildman–Crippen MR) is 134 cm³/mol. The molecule has 0 bridgehead atoms. The number of halogens is 1. The van der Waals surface area contributed by atoms with Gasteiger partial charge in [-0.05, 0) is 53.6 Å². The van der Waals surface area contributed by atoms with E-state index < -0.39 is 0 Å². The average molecular weight is 490 g/mol. The van der Waals surface area contributed by atoms with Gasteiger partial charge in [-0.2, -0.15) is 0 Å². The number of carbonyl (C=O) groups excluding carboxylic acids is 1. The van der Waals surface area contributed by atoms with Gasteiger partial charge in [0.2, 0.25) is 0 Å². The Bertz CT molecular complexity index is 1380. The molecule has 3 aromatic carbocycles. The Kier molecular flexibility index (Phi) is 6.15. The summed E-state index contributed by atoms with van der Waals surface area (Å²) in [6, 6.07) is 21.1. The van der Waals surface area contributed by atoms with Gasteiger partial charge >= 0.3 is 6.03 Å². The van der Waals surface area contributed by atoms with E-state index in [1.807, 2.05) is 80.6 Å². The fourth-order valence-corrected chi connectivity index (χ4v) is 4.21. The first-order valence-electron chi connectivity index (χ1n) is 10.3. The van der Waals surface area contributed by atoms with Crippen LogP contribution >= 0.6 is 15.9 Å². The highest BCUT2D eigenvalue weighted by atomic mass is 79.9. The molecule has 1 heterocycles. The van der Waals surface area contributed by atoms with Crippen molar-refractivity contribution < 1.29 is 4.79 Å². The summed E-state index contributed by atoms with van der Waals surface area (Å²) >= 11 is 3.50. The quantitative estimate of drug-likeness (QED) is 0.374. The summed E-state index contributed by atoms with van der Waals surface area (Å²) in [4.78, 5) is 26.0. The lowest BCUT2D eigenvalue weighted by Gasteiger charge is -2.19. The highest BCUT2D eigenvalue weighted by molar-refractivity contribution is 9.10. The average Bonchev–Trinajstić information content (AvgIpc) is 2.79. The number of hydrogen-bond donors (Lipinski definition) is 2. The molecule has 6 heteroatoms. The second-order valence-electron chi connectivity index (χ2n) is 7.83. The zero-order valence-electron chi connectivity index (χ0n) is 18.2. The molecule has 4 aromatic rings. The molecule has 4 rings (SSSR count). The van der Waals surface area contributed by atoms with E-state index >= 15 is 0 Å². The molecule has 1 aromatic heterocycles. The second-order valence-corrected chi connectivity index (χ2v) is 8.69. The molecule has 0 aliphatic carbocycles. The Labute approximate surface area is 195 Å². The molecule has 0 atom stereocenters. The Balaban J connectivity index is 1.80. The number of aryl methyl sites for hydroxylation is 2. The predicted octanol–water partition coefficient (Wildman–Crippen LogP) is 5.91. The number of anilines is 1. The fraction of sp³-hybridized carbons (Fsp3) is 0.154. The molecule has 2 amide bonds. The van der Waals surface area contributed by atoms with E-state index in [-0.39, 0.29) is 11.6 Å². The Morgan fingerprint density at radius 1 is 0.938 bits per heavy atom. The number of fused-ring (bicyclic) bond motifs is 1. The van der Waals surface area contributed by atoms with Crippen LogP contribution in [0.3, 0.4) is 0 Å². The van der Waals surface area contributed by atoms with E-state index in [0.717, 1.165) is 37.7 Å². The Morgan fingerprint density at radius 2 is 1.56 bits per heavy atom. The monoisotopic (exact) mass is 489 g/mol. The van der Waals surface area contributed by atoms with Crippen molar-refractivity contribution in [3.63, 3.8) is 0 Å². The van der Waals surface area contributed by atoms with E-state index in [1.54, 1.807) is 7.05 Å². The van der Waals surface area contributed by atoms with Crippen LogP contribution in [0.5, 0.6) is 0 Å². The molecule has 32 heavy (non-hydrogen) atoms. The number of urea groups is 1. The summed E-state index contributed by atoms with van der Waals surface area (Å²) in [5, 5.41) is 7.27. The minimum atomic E-state index is -0.379. The number of benzene rings is 3. The van der Waals surface area contributed by atoms with Crippen LogP contribution in [0, 0.1) is 13.8 Å². The maximum absolute atomic E-state index is 13.2. The minimum Gasteiger partial charge on any atom is -0.334 e. The highest BCUT2D eigenvalue weighted by Crippen LogP contribution is 2.34. The van der Waals surface area contributed by atoms with Crippen molar-refractivity contribution in [2.75, 3.05) is 5.32 Å². The highest BCUT2D eigenvalue weighted by Gasteiger charge is 2.19. The molecular formula is C26H24BrN3O2. The van der Waals surface area contributed by atoms with Crippen LogP contribution in [0.4, 0.5) is 10.6 Å². The van der Waals surface area contributed by atoms with Crippen molar-refractivity contribution in [1.82, 2.24) is 9.88 Å². The second kappa shape index (κ2) is 9.01. The van der Waals surface area contributed by atoms with Gasteiger partial charge in [0.25, 0.3) is 5.56 Å². The van der Waals surface area contributed by atoms with Crippen LogP contribution < -0.4 is 16.2 Å². The maximum Gasteiger partial charge on any atom is 0.320 e. The number of pyridine rings is 1. The lowest BCUT2D eigenvalue weighted by Crippen LogP contribution is -2.32. The summed E-state index contributed by atoms with van der Waals surface area (Å²) < 4.78 is 2.44. The van der Waals surface area contributed by atoms with Crippen LogP contribution in [0.2, 0.25) is 0 Å². The van der Waals surface area contributed by atoms with Gasteiger partial charge in [-0.1, -0.05) is 70.5 Å². The molecule has 0 saturated carbocycles. The lowest BCUT2D eigenvalue weighted by molar-refractivity contribution is 0.251. The summed E-state index contributed by atoms with van der Waals surface area (Å²) in [6.07, 6.45) is 0. The van der Waals surface area contributed by atoms with Crippen LogP contribution in [-0.2, 0) is 13.6 Å². The van der Waals surface area contributed by atoms with E-state index in [4.69, 9.17) is 0 Å². The molecular weight excluding hydrogens is 466 g/mol. The third-order valence-corrected chi connectivity index (χ3v) is 6.48. The summed E-state index contributed by atoms with van der Waals surface area (Å²) in [7, 11) is 1.69. The normalized spacial score (nSPS) is 10.9. The SMILES string of the molecule is Cc1cc2c(-c3ccccc3)c(NC(=O)NCc3ccccc3Br)n(C)c(=O)c2cc1C. The number of nitrogens with zero attached hydrogens (tertiary/aromatic N) is 1. The summed E-state index contributed by atoms with van der Waals surface area (Å²) in [5.41, 5.74) is 4.71. The van der Waals surface area contributed by atoms with Crippen LogP contribution in [-0.4, -0.2) is 10.6 Å². The fourth-order valence-electron chi connectivity index (χ4n) is 3.79. The smallest absolute Gasteiger partial charge is 0.320 e. The number of carbonyl (C=O) groups is 1. The van der Waals surface area contributed by atoms with Crippen LogP contribution in [0.25, 0.3) is 21.9 Å². The largest absolute Gasteiger partial charge is 0.334 e. The number of hydrogen-bond acceptors (Lipinski definition) is 2. The van der Waals surface area contributed by atoms with Crippen LogP contribution in [0.15, 0.2) is 76.0 Å². The lowest BCUT2D eigenvalue weighted by atomic mass is 9.96. The standard InChI is InChI=1S/C26H24BrN3O2/c1-16-13-20-21(14-17(16)2)25(31)30(3)24(23(20)18-9-5-4-6-10-18)29-26(32)28-15-19-11-7-8-12-22(19)27/h4-14H,15H2,1-3H3,(H2,28,29,32). The van der Waals surface area contributed by atoms with Crippen molar-refractivity contribution in [3.8, 4) is 11.1 Å². The topological polar surface area (TPSA) is 63.1 Å². The van der Waals surface area contributed by atoms with E-state index in [1.165, 1.54) is 4.57 Å². The van der Waals surface area contributed by atoms with E-state index in [9.17, 15) is 9.59 Å². The third-order valence-electron chi connectivity index (χ3n) is 5.70. The number of aromatic nitrogens is 1. The molecule has 162 valence electrons. The van der Waals surface area contributed by atoms with Gasteiger partial charge in [-0.3, -0.25) is 14.7 Å². The first-order chi connectivity index (χ1) is 15.4. The Morgan fingerprint density at radius 3 is 2.25 bits per heavy atom.